The molecular weight excluding hydrogens is 200 g/mol. The minimum Gasteiger partial charge on any atom is -0.381 e. The number of nitrogens with one attached hydrogen (secondary N) is 1. The van der Waals surface area contributed by atoms with Crippen molar-refractivity contribution in [2.24, 2.45) is 0 Å². The second kappa shape index (κ2) is 5.97. The molecule has 1 N–H and O–H groups in total. The van der Waals surface area contributed by atoms with E-state index >= 15 is 0 Å². The molecule has 2 heterocycles. The van der Waals surface area contributed by atoms with Crippen LogP contribution in [0.15, 0.2) is 24.4 Å². The minimum atomic E-state index is 0.323. The molecule has 1 fully saturated rings. The van der Waals surface area contributed by atoms with Crippen LogP contribution < -0.4 is 5.32 Å². The third kappa shape index (κ3) is 3.29. The van der Waals surface area contributed by atoms with Crippen LogP contribution in [0.1, 0.15) is 37.9 Å². The van der Waals surface area contributed by atoms with Crippen LogP contribution >= 0.6 is 0 Å². The molecule has 2 atom stereocenters. The summed E-state index contributed by atoms with van der Waals surface area (Å²) in [5.41, 5.74) is 1.12. The van der Waals surface area contributed by atoms with Crippen LogP contribution in [0.3, 0.4) is 0 Å². The first-order valence-electron chi connectivity index (χ1n) is 6.11. The summed E-state index contributed by atoms with van der Waals surface area (Å²) in [6.07, 6.45) is 5.32. The lowest BCUT2D eigenvalue weighted by Gasteiger charge is -2.21. The Morgan fingerprint density at radius 2 is 2.31 bits per heavy atom. The SMILES string of the molecule is C[C@@H](NC1CCCOCC1)c1ccccn1. The minimum absolute atomic E-state index is 0.323. The molecule has 1 saturated heterocycles. The lowest BCUT2D eigenvalue weighted by Crippen LogP contribution is -2.32. The Morgan fingerprint density at radius 3 is 3.12 bits per heavy atom. The van der Waals surface area contributed by atoms with Crippen molar-refractivity contribution in [3.63, 3.8) is 0 Å². The second-order valence-electron chi connectivity index (χ2n) is 4.38. The Balaban J connectivity index is 1.88. The summed E-state index contributed by atoms with van der Waals surface area (Å²) in [5.74, 6) is 0. The van der Waals surface area contributed by atoms with Gasteiger partial charge in [-0.15, -0.1) is 0 Å². The lowest BCUT2D eigenvalue weighted by atomic mass is 10.1. The van der Waals surface area contributed by atoms with Gasteiger partial charge in [-0.25, -0.2) is 0 Å². The highest BCUT2D eigenvalue weighted by Crippen LogP contribution is 2.14. The zero-order valence-corrected chi connectivity index (χ0v) is 9.86. The van der Waals surface area contributed by atoms with Gasteiger partial charge in [-0.05, 0) is 38.3 Å². The maximum atomic E-state index is 5.46. The Hall–Kier alpha value is -0.930. The predicted octanol–water partition coefficient (Wildman–Crippen LogP) is 2.30. The number of hydrogen-bond acceptors (Lipinski definition) is 3. The van der Waals surface area contributed by atoms with Crippen LogP contribution in [-0.4, -0.2) is 24.2 Å². The predicted molar refractivity (Wildman–Crippen MR) is 64.2 cm³/mol. The van der Waals surface area contributed by atoms with Crippen molar-refractivity contribution < 1.29 is 4.74 Å². The molecule has 0 spiro atoms. The monoisotopic (exact) mass is 220 g/mol. The van der Waals surface area contributed by atoms with Gasteiger partial charge in [0.2, 0.25) is 0 Å². The van der Waals surface area contributed by atoms with Crippen LogP contribution in [-0.2, 0) is 4.74 Å². The molecule has 0 aliphatic carbocycles. The van der Waals surface area contributed by atoms with Gasteiger partial charge in [0, 0.05) is 31.5 Å². The number of aromatic nitrogens is 1. The summed E-state index contributed by atoms with van der Waals surface area (Å²) in [4.78, 5) is 4.37. The van der Waals surface area contributed by atoms with E-state index in [4.69, 9.17) is 4.74 Å². The summed E-state index contributed by atoms with van der Waals surface area (Å²) in [6.45, 7) is 3.97. The average molecular weight is 220 g/mol. The first kappa shape index (κ1) is 11.6. The fourth-order valence-corrected chi connectivity index (χ4v) is 2.14. The number of ether oxygens (including phenoxy) is 1. The zero-order chi connectivity index (χ0) is 11.2. The van der Waals surface area contributed by atoms with Gasteiger partial charge in [0.25, 0.3) is 0 Å². The molecule has 1 aliphatic rings. The molecule has 3 heteroatoms. The Labute approximate surface area is 97.2 Å². The molecule has 0 amide bonds. The summed E-state index contributed by atoms with van der Waals surface area (Å²) in [5, 5.41) is 3.63. The molecule has 88 valence electrons. The summed E-state index contributed by atoms with van der Waals surface area (Å²) in [6, 6.07) is 6.96. The van der Waals surface area contributed by atoms with Gasteiger partial charge in [0.1, 0.15) is 0 Å². The summed E-state index contributed by atoms with van der Waals surface area (Å²) >= 11 is 0. The van der Waals surface area contributed by atoms with Crippen molar-refractivity contribution in [2.45, 2.75) is 38.3 Å². The van der Waals surface area contributed by atoms with Gasteiger partial charge in [0.15, 0.2) is 0 Å². The number of hydrogen-bond donors (Lipinski definition) is 1. The van der Waals surface area contributed by atoms with E-state index in [1.54, 1.807) is 0 Å². The van der Waals surface area contributed by atoms with Crippen molar-refractivity contribution in [1.82, 2.24) is 10.3 Å². The third-order valence-corrected chi connectivity index (χ3v) is 3.07. The van der Waals surface area contributed by atoms with Crippen LogP contribution in [0.5, 0.6) is 0 Å². The molecule has 16 heavy (non-hydrogen) atoms. The molecule has 0 saturated carbocycles. The molecule has 1 aliphatic heterocycles. The highest BCUT2D eigenvalue weighted by molar-refractivity contribution is 5.07. The molecule has 1 unspecified atom stereocenters. The Kier molecular flexibility index (Phi) is 4.31. The standard InChI is InChI=1S/C13H20N2O/c1-11(13-6-2-3-8-14-13)15-12-5-4-9-16-10-7-12/h2-3,6,8,11-12,15H,4-5,7,9-10H2,1H3/t11-,12?/m1/s1. The highest BCUT2D eigenvalue weighted by Gasteiger charge is 2.15. The Morgan fingerprint density at radius 1 is 1.38 bits per heavy atom. The summed E-state index contributed by atoms with van der Waals surface area (Å²) in [7, 11) is 0. The molecule has 0 bridgehead atoms. The quantitative estimate of drug-likeness (QED) is 0.848. The van der Waals surface area contributed by atoms with Gasteiger partial charge in [0.05, 0.1) is 5.69 Å². The largest absolute Gasteiger partial charge is 0.381 e. The number of nitrogens with zero attached hydrogens (tertiary/aromatic N) is 1. The Bertz CT molecular complexity index is 294. The fourth-order valence-electron chi connectivity index (χ4n) is 2.14. The van der Waals surface area contributed by atoms with Crippen LogP contribution in [0, 0.1) is 0 Å². The van der Waals surface area contributed by atoms with Crippen molar-refractivity contribution in [3.8, 4) is 0 Å². The van der Waals surface area contributed by atoms with Crippen LogP contribution in [0.4, 0.5) is 0 Å². The first-order chi connectivity index (χ1) is 7.86. The first-order valence-corrected chi connectivity index (χ1v) is 6.11. The molecule has 0 radical (unpaired) electrons. The van der Waals surface area contributed by atoms with E-state index in [0.717, 1.165) is 31.7 Å². The topological polar surface area (TPSA) is 34.1 Å². The summed E-state index contributed by atoms with van der Waals surface area (Å²) < 4.78 is 5.46. The molecular formula is C13H20N2O. The van der Waals surface area contributed by atoms with Gasteiger partial charge in [-0.3, -0.25) is 4.98 Å². The van der Waals surface area contributed by atoms with Crippen molar-refractivity contribution in [3.05, 3.63) is 30.1 Å². The van der Waals surface area contributed by atoms with E-state index in [0.29, 0.717) is 12.1 Å². The van der Waals surface area contributed by atoms with E-state index in [1.165, 1.54) is 6.42 Å². The maximum absolute atomic E-state index is 5.46. The lowest BCUT2D eigenvalue weighted by molar-refractivity contribution is 0.142. The highest BCUT2D eigenvalue weighted by atomic mass is 16.5. The normalized spacial score (nSPS) is 23.7. The third-order valence-electron chi connectivity index (χ3n) is 3.07. The van der Waals surface area contributed by atoms with Crippen molar-refractivity contribution in [2.75, 3.05) is 13.2 Å². The second-order valence-corrected chi connectivity index (χ2v) is 4.38. The number of pyridine rings is 1. The molecule has 1 aromatic heterocycles. The van der Waals surface area contributed by atoms with Gasteiger partial charge in [-0.2, -0.15) is 0 Å². The van der Waals surface area contributed by atoms with E-state index in [-0.39, 0.29) is 0 Å². The smallest absolute Gasteiger partial charge is 0.0570 e. The molecule has 2 rings (SSSR count). The van der Waals surface area contributed by atoms with E-state index in [9.17, 15) is 0 Å². The van der Waals surface area contributed by atoms with Gasteiger partial charge in [-0.1, -0.05) is 6.07 Å². The van der Waals surface area contributed by atoms with E-state index < -0.39 is 0 Å². The molecule has 1 aromatic rings. The van der Waals surface area contributed by atoms with Crippen molar-refractivity contribution in [1.29, 1.82) is 0 Å². The van der Waals surface area contributed by atoms with E-state index in [2.05, 4.69) is 23.3 Å². The maximum Gasteiger partial charge on any atom is 0.0570 e. The average Bonchev–Trinajstić information content (AvgIpc) is 2.59. The molecule has 0 aromatic carbocycles. The van der Waals surface area contributed by atoms with Gasteiger partial charge < -0.3 is 10.1 Å². The van der Waals surface area contributed by atoms with E-state index in [1.807, 2.05) is 18.3 Å². The zero-order valence-electron chi connectivity index (χ0n) is 9.86. The fraction of sp³-hybridized carbons (Fsp3) is 0.615. The molecule has 3 nitrogen and oxygen atoms in total. The van der Waals surface area contributed by atoms with Crippen LogP contribution in [0.2, 0.25) is 0 Å². The number of rotatable bonds is 3. The van der Waals surface area contributed by atoms with Gasteiger partial charge >= 0.3 is 0 Å². The van der Waals surface area contributed by atoms with Crippen molar-refractivity contribution >= 4 is 0 Å². The van der Waals surface area contributed by atoms with Crippen LogP contribution in [0.25, 0.3) is 0 Å².